The zero-order valence-corrected chi connectivity index (χ0v) is 16.9. The molecular weight excluding hydrogens is 404 g/mol. The Morgan fingerprint density at radius 2 is 1.73 bits per heavy atom. The third-order valence-electron chi connectivity index (χ3n) is 5.18. The molecule has 0 aliphatic carbocycles. The largest absolute Gasteiger partial charge is 0.493 e. The van der Waals surface area contributed by atoms with Crippen molar-refractivity contribution in [2.45, 2.75) is 94.0 Å². The first-order chi connectivity index (χ1) is 14.3. The molecule has 10 atom stereocenters. The van der Waals surface area contributed by atoms with Crippen molar-refractivity contribution in [3.63, 3.8) is 0 Å². The number of hydrogen-bond acceptors (Lipinski definition) is 11. The van der Waals surface area contributed by atoms with Gasteiger partial charge in [0.2, 0.25) is 0 Å². The molecule has 2 heterocycles. The lowest BCUT2D eigenvalue weighted by atomic mass is 9.99. The molecule has 0 saturated carbocycles. The number of hydrogen-bond donors (Lipinski definition) is 7. The lowest BCUT2D eigenvalue weighted by Gasteiger charge is -2.41. The molecule has 0 unspecified atom stereocenters. The van der Waals surface area contributed by atoms with Crippen molar-refractivity contribution in [3.05, 3.63) is 12.3 Å². The van der Waals surface area contributed by atoms with Crippen LogP contribution in [-0.4, -0.2) is 110 Å². The minimum absolute atomic E-state index is 0.255. The van der Waals surface area contributed by atoms with E-state index in [1.807, 2.05) is 0 Å². The summed E-state index contributed by atoms with van der Waals surface area (Å²) in [5.41, 5.74) is 0. The van der Waals surface area contributed by atoms with E-state index in [4.69, 9.17) is 18.9 Å². The molecule has 0 aromatic carbocycles. The number of rotatable bonds is 10. The maximum atomic E-state index is 10.5. The molecule has 0 spiro atoms. The molecule has 0 amide bonds. The van der Waals surface area contributed by atoms with Crippen molar-refractivity contribution in [3.8, 4) is 0 Å². The van der Waals surface area contributed by atoms with E-state index in [1.54, 1.807) is 0 Å². The summed E-state index contributed by atoms with van der Waals surface area (Å²) >= 11 is 0. The molecule has 176 valence electrons. The van der Waals surface area contributed by atoms with Crippen LogP contribution in [0, 0.1) is 0 Å². The van der Waals surface area contributed by atoms with Gasteiger partial charge in [0.25, 0.3) is 0 Å². The van der Waals surface area contributed by atoms with Gasteiger partial charge in [-0.05, 0) is 12.5 Å². The number of aliphatic hydroxyl groups is 7. The zero-order valence-electron chi connectivity index (χ0n) is 16.9. The summed E-state index contributed by atoms with van der Waals surface area (Å²) < 4.78 is 20.9. The Hall–Kier alpha value is -0.860. The minimum atomic E-state index is -1.67. The van der Waals surface area contributed by atoms with Crippen LogP contribution in [0.4, 0.5) is 0 Å². The van der Waals surface area contributed by atoms with Crippen LogP contribution in [0.2, 0.25) is 0 Å². The molecule has 2 aliphatic rings. The van der Waals surface area contributed by atoms with Gasteiger partial charge in [0, 0.05) is 0 Å². The van der Waals surface area contributed by atoms with Gasteiger partial charge < -0.3 is 54.7 Å². The lowest BCUT2D eigenvalue weighted by Crippen LogP contribution is -2.60. The molecule has 2 rings (SSSR count). The average Bonchev–Trinajstić information content (AvgIpc) is 2.72. The summed E-state index contributed by atoms with van der Waals surface area (Å²) in [6.07, 6.45) is -7.31. The Labute approximate surface area is 175 Å². The van der Waals surface area contributed by atoms with Crippen LogP contribution in [0.1, 0.15) is 32.6 Å². The number of unbranched alkanes of at least 4 members (excludes halogenated alkanes) is 2. The van der Waals surface area contributed by atoms with E-state index in [-0.39, 0.29) is 13.2 Å². The number of aliphatic hydroxyl groups excluding tert-OH is 7. The van der Waals surface area contributed by atoms with Gasteiger partial charge in [0.15, 0.2) is 18.7 Å². The topological polar surface area (TPSA) is 179 Å². The van der Waals surface area contributed by atoms with Crippen LogP contribution in [0.15, 0.2) is 12.3 Å². The van der Waals surface area contributed by atoms with Crippen molar-refractivity contribution >= 4 is 0 Å². The molecule has 7 N–H and O–H groups in total. The molecule has 2 saturated heterocycles. The second-order valence-electron chi connectivity index (χ2n) is 7.62. The molecular formula is C19H34O11. The maximum Gasteiger partial charge on any atom is 0.186 e. The Kier molecular flexibility index (Phi) is 10.4. The van der Waals surface area contributed by atoms with Crippen molar-refractivity contribution < 1.29 is 54.7 Å². The second kappa shape index (κ2) is 12.2. The molecule has 11 nitrogen and oxygen atoms in total. The van der Waals surface area contributed by atoms with Gasteiger partial charge in [0.05, 0.1) is 25.6 Å². The molecule has 11 heteroatoms. The number of ether oxygens (including phenoxy) is 4. The van der Waals surface area contributed by atoms with Gasteiger partial charge in [-0.1, -0.05) is 26.2 Å². The van der Waals surface area contributed by atoms with E-state index >= 15 is 0 Å². The first-order valence-electron chi connectivity index (χ1n) is 10.2. The Morgan fingerprint density at radius 3 is 2.43 bits per heavy atom. The third kappa shape index (κ3) is 6.82. The highest BCUT2D eigenvalue weighted by molar-refractivity contribution is 4.93. The highest BCUT2D eigenvalue weighted by Gasteiger charge is 2.46. The summed E-state index contributed by atoms with van der Waals surface area (Å²) in [5, 5.41) is 69.3. The Balaban J connectivity index is 1.87. The van der Waals surface area contributed by atoms with Crippen LogP contribution in [0.5, 0.6) is 0 Å². The van der Waals surface area contributed by atoms with Gasteiger partial charge in [-0.3, -0.25) is 0 Å². The van der Waals surface area contributed by atoms with E-state index in [2.05, 4.69) is 6.92 Å². The zero-order chi connectivity index (χ0) is 22.3. The van der Waals surface area contributed by atoms with Crippen molar-refractivity contribution in [2.75, 3.05) is 13.2 Å². The van der Waals surface area contributed by atoms with Crippen molar-refractivity contribution in [1.82, 2.24) is 0 Å². The molecule has 0 aromatic rings. The van der Waals surface area contributed by atoms with Crippen LogP contribution < -0.4 is 0 Å². The first kappa shape index (κ1) is 25.4. The molecule has 2 aliphatic heterocycles. The first-order valence-corrected chi connectivity index (χ1v) is 10.2. The summed E-state index contributed by atoms with van der Waals surface area (Å²) in [4.78, 5) is 0. The summed E-state index contributed by atoms with van der Waals surface area (Å²) in [6.45, 7) is 1.44. The van der Waals surface area contributed by atoms with Crippen LogP contribution in [-0.2, 0) is 18.9 Å². The van der Waals surface area contributed by atoms with Gasteiger partial charge in [0.1, 0.15) is 36.6 Å². The molecule has 30 heavy (non-hydrogen) atoms. The van der Waals surface area contributed by atoms with Crippen molar-refractivity contribution in [2.24, 2.45) is 0 Å². The quantitative estimate of drug-likeness (QED) is 0.144. The van der Waals surface area contributed by atoms with Crippen LogP contribution >= 0.6 is 0 Å². The van der Waals surface area contributed by atoms with E-state index in [1.165, 1.54) is 6.08 Å². The van der Waals surface area contributed by atoms with E-state index < -0.39 is 61.4 Å². The van der Waals surface area contributed by atoms with E-state index in [0.29, 0.717) is 6.42 Å². The predicted molar refractivity (Wildman–Crippen MR) is 101 cm³/mol. The maximum absolute atomic E-state index is 10.5. The molecule has 2 fully saturated rings. The molecule has 0 radical (unpaired) electrons. The fraction of sp³-hybridized carbons (Fsp3) is 0.895. The molecule has 0 bridgehead atoms. The average molecular weight is 438 g/mol. The van der Waals surface area contributed by atoms with Crippen molar-refractivity contribution in [1.29, 1.82) is 0 Å². The van der Waals surface area contributed by atoms with E-state index in [0.717, 1.165) is 25.5 Å². The van der Waals surface area contributed by atoms with Gasteiger partial charge in [-0.15, -0.1) is 0 Å². The van der Waals surface area contributed by atoms with Crippen LogP contribution in [0.3, 0.4) is 0 Å². The van der Waals surface area contributed by atoms with Gasteiger partial charge in [-0.2, -0.15) is 0 Å². The van der Waals surface area contributed by atoms with E-state index in [9.17, 15) is 35.7 Å². The lowest BCUT2D eigenvalue weighted by molar-refractivity contribution is -0.312. The Bertz CT molecular complexity index is 519. The fourth-order valence-corrected chi connectivity index (χ4v) is 3.26. The summed E-state index contributed by atoms with van der Waals surface area (Å²) in [6, 6.07) is 0. The normalized spacial score (nSPS) is 41.1. The highest BCUT2D eigenvalue weighted by atomic mass is 16.7. The second-order valence-corrected chi connectivity index (χ2v) is 7.62. The van der Waals surface area contributed by atoms with Gasteiger partial charge in [-0.25, -0.2) is 0 Å². The standard InChI is InChI=1S/C19H34O11/c1-2-3-4-5-10(20)6-7-27-17-14(23)12(30-18(26)16(17)25)9-29-19-15(24)13(22)11(21)8-28-19/h6-7,10-26H,2-5,8-9H2,1H3/b7-6+/t10-,11-,12-,13+,14-,15-,16-,17+,18-,19+/m1/s1. The van der Waals surface area contributed by atoms with Gasteiger partial charge >= 0.3 is 0 Å². The smallest absolute Gasteiger partial charge is 0.186 e. The van der Waals surface area contributed by atoms with Crippen LogP contribution in [0.25, 0.3) is 0 Å². The Morgan fingerprint density at radius 1 is 1.00 bits per heavy atom. The third-order valence-corrected chi connectivity index (χ3v) is 5.18. The molecule has 0 aromatic heterocycles. The predicted octanol–water partition coefficient (Wildman–Crippen LogP) is -2.28. The SMILES string of the molecule is CCCCC[C@@H](O)/C=C/O[C@@H]1[C@@H](O)[C@H](O)O[C@H](CO[C@@H]2OC[C@@H](O)[C@H](O)[C@H]2O)[C@H]1O. The highest BCUT2D eigenvalue weighted by Crippen LogP contribution is 2.25. The summed E-state index contributed by atoms with van der Waals surface area (Å²) in [5.74, 6) is 0. The fourth-order valence-electron chi connectivity index (χ4n) is 3.26. The monoisotopic (exact) mass is 438 g/mol. The minimum Gasteiger partial charge on any atom is -0.493 e. The summed E-state index contributed by atoms with van der Waals surface area (Å²) in [7, 11) is 0.